The zero-order chi connectivity index (χ0) is 30.1. The van der Waals surface area contributed by atoms with Gasteiger partial charge in [0, 0.05) is 19.3 Å². The van der Waals surface area contributed by atoms with Crippen molar-refractivity contribution in [3.05, 3.63) is 53.5 Å². The summed E-state index contributed by atoms with van der Waals surface area (Å²) in [5.74, 6) is -0.443. The van der Waals surface area contributed by atoms with E-state index in [9.17, 15) is 24.9 Å². The molecule has 16 heteroatoms. The van der Waals surface area contributed by atoms with Gasteiger partial charge in [0.1, 0.15) is 24.0 Å². The number of aromatic amines is 1. The Kier molecular flexibility index (Phi) is 8.00. The fourth-order valence-corrected chi connectivity index (χ4v) is 5.05. The van der Waals surface area contributed by atoms with Crippen LogP contribution in [0.5, 0.6) is 0 Å². The Hall–Kier alpha value is -4.48. The van der Waals surface area contributed by atoms with Crippen molar-refractivity contribution >= 4 is 28.9 Å². The summed E-state index contributed by atoms with van der Waals surface area (Å²) in [5.41, 5.74) is 2.12. The number of anilines is 1. The highest BCUT2D eigenvalue weighted by Crippen LogP contribution is 2.34. The van der Waals surface area contributed by atoms with Gasteiger partial charge in [-0.25, -0.2) is 19.7 Å². The zero-order valence-electron chi connectivity index (χ0n) is 23.0. The van der Waals surface area contributed by atoms with Crippen LogP contribution < -0.4 is 10.6 Å². The van der Waals surface area contributed by atoms with Gasteiger partial charge in [-0.15, -0.1) is 0 Å². The van der Waals surface area contributed by atoms with E-state index in [0.29, 0.717) is 30.1 Å². The van der Waals surface area contributed by atoms with Crippen LogP contribution in [-0.2, 0) is 20.8 Å². The molecule has 5 heterocycles. The number of nitrogens with one attached hydrogen (secondary N) is 3. The summed E-state index contributed by atoms with van der Waals surface area (Å²) in [6.45, 7) is 0.742. The molecule has 0 aliphatic carbocycles. The predicted molar refractivity (Wildman–Crippen MR) is 148 cm³/mol. The number of benzene rings is 1. The number of amides is 1. The molecule has 0 radical (unpaired) electrons. The number of esters is 1. The van der Waals surface area contributed by atoms with Crippen molar-refractivity contribution in [3.63, 3.8) is 0 Å². The van der Waals surface area contributed by atoms with Gasteiger partial charge in [0.25, 0.3) is 5.91 Å². The highest BCUT2D eigenvalue weighted by atomic mass is 16.6. The van der Waals surface area contributed by atoms with E-state index in [1.165, 1.54) is 24.2 Å². The molecule has 2 fully saturated rings. The average Bonchev–Trinajstić information content (AvgIpc) is 3.84. The molecule has 4 aromatic rings. The van der Waals surface area contributed by atoms with Gasteiger partial charge in [-0.2, -0.15) is 5.10 Å². The highest BCUT2D eigenvalue weighted by molar-refractivity contribution is 5.99. The average molecular weight is 595 g/mol. The summed E-state index contributed by atoms with van der Waals surface area (Å²) in [6.07, 6.45) is -1.18. The van der Waals surface area contributed by atoms with Crippen LogP contribution in [0.1, 0.15) is 38.9 Å². The molecule has 0 bridgehead atoms. The third-order valence-electron chi connectivity index (χ3n) is 7.41. The molecule has 226 valence electrons. The first kappa shape index (κ1) is 28.6. The maximum Gasteiger partial charge on any atom is 0.337 e. The van der Waals surface area contributed by atoms with Gasteiger partial charge < -0.3 is 40.2 Å². The van der Waals surface area contributed by atoms with E-state index in [4.69, 9.17) is 14.2 Å². The molecule has 16 nitrogen and oxygen atoms in total. The van der Waals surface area contributed by atoms with Crippen LogP contribution in [0.4, 0.5) is 5.82 Å². The number of H-pyrrole nitrogens is 1. The van der Waals surface area contributed by atoms with Crippen LogP contribution in [0, 0.1) is 0 Å². The fourth-order valence-electron chi connectivity index (χ4n) is 5.05. The summed E-state index contributed by atoms with van der Waals surface area (Å²) in [5, 5.41) is 43.7. The normalized spacial score (nSPS) is 23.5. The maximum atomic E-state index is 13.2. The standard InChI is InChI=1S/C27H30N8O8/c1-41-27(40)14-4-2-13(3-5-14)8-28-25(39)16-9-30-34-18(16)22-32-23(31-15-6-7-42-11-15)19-24(33-22)35(12-29-19)26-21(38)20(37)17(10-36)43-26/h2-5,9,12,15,17,20-21,26,36-38H,6-8,10-11H2,1H3,(H,28,39)(H,30,34)(H,31,32,33)/t15-,17-,20-,21-,26-/m1/s1. The fraction of sp³-hybridized carbons (Fsp3) is 0.407. The highest BCUT2D eigenvalue weighted by Gasteiger charge is 2.44. The van der Waals surface area contributed by atoms with Crippen molar-refractivity contribution in [1.29, 1.82) is 0 Å². The molecule has 1 aromatic carbocycles. The maximum absolute atomic E-state index is 13.2. The zero-order valence-corrected chi connectivity index (χ0v) is 23.0. The largest absolute Gasteiger partial charge is 0.465 e. The quantitative estimate of drug-likeness (QED) is 0.138. The van der Waals surface area contributed by atoms with Crippen molar-refractivity contribution < 1.29 is 39.1 Å². The number of aliphatic hydroxyl groups is 3. The van der Waals surface area contributed by atoms with E-state index in [0.717, 1.165) is 12.0 Å². The summed E-state index contributed by atoms with van der Waals surface area (Å²) in [6, 6.07) is 6.60. The number of hydrogen-bond donors (Lipinski definition) is 6. The number of carbonyl (C=O) groups excluding carboxylic acids is 2. The topological polar surface area (TPSA) is 219 Å². The third kappa shape index (κ3) is 5.53. The number of nitrogens with zero attached hydrogens (tertiary/aromatic N) is 5. The van der Waals surface area contributed by atoms with Crippen molar-refractivity contribution in [2.75, 3.05) is 32.2 Å². The number of fused-ring (bicyclic) bond motifs is 1. The summed E-state index contributed by atoms with van der Waals surface area (Å²) < 4.78 is 17.4. The lowest BCUT2D eigenvalue weighted by atomic mass is 10.1. The lowest BCUT2D eigenvalue weighted by molar-refractivity contribution is -0.0511. The molecule has 0 spiro atoms. The van der Waals surface area contributed by atoms with E-state index in [1.807, 2.05) is 0 Å². The summed E-state index contributed by atoms with van der Waals surface area (Å²) in [4.78, 5) is 38.7. The second-order valence-electron chi connectivity index (χ2n) is 10.2. The SMILES string of the molecule is COC(=O)c1ccc(CNC(=O)c2c[nH]nc2-c2nc(N[C@@H]3CCOC3)c3ncn([C@@H]4O[C@H](CO)[C@@H](O)[C@H]4O)c3n2)cc1. The van der Waals surface area contributed by atoms with Crippen molar-refractivity contribution in [3.8, 4) is 11.5 Å². The van der Waals surface area contributed by atoms with Gasteiger partial charge in [-0.1, -0.05) is 12.1 Å². The smallest absolute Gasteiger partial charge is 0.337 e. The second-order valence-corrected chi connectivity index (χ2v) is 10.2. The Morgan fingerprint density at radius 3 is 2.70 bits per heavy atom. The van der Waals surface area contributed by atoms with E-state index in [2.05, 4.69) is 35.8 Å². The van der Waals surface area contributed by atoms with Crippen molar-refractivity contribution in [2.24, 2.45) is 0 Å². The number of imidazole rings is 1. The number of ether oxygens (including phenoxy) is 3. The van der Waals surface area contributed by atoms with E-state index < -0.39 is 43.0 Å². The van der Waals surface area contributed by atoms with E-state index in [-0.39, 0.29) is 35.3 Å². The Morgan fingerprint density at radius 2 is 2.00 bits per heavy atom. The van der Waals surface area contributed by atoms with Gasteiger partial charge >= 0.3 is 5.97 Å². The predicted octanol–water partition coefficient (Wildman–Crippen LogP) is -0.255. The van der Waals surface area contributed by atoms with Gasteiger partial charge in [0.2, 0.25) is 0 Å². The van der Waals surface area contributed by atoms with E-state index in [1.54, 1.807) is 24.3 Å². The molecule has 6 rings (SSSR count). The molecule has 6 N–H and O–H groups in total. The van der Waals surface area contributed by atoms with Crippen LogP contribution in [0.25, 0.3) is 22.7 Å². The van der Waals surface area contributed by atoms with Crippen LogP contribution in [0.2, 0.25) is 0 Å². The monoisotopic (exact) mass is 594 g/mol. The lowest BCUT2D eigenvalue weighted by Crippen LogP contribution is -2.33. The first-order valence-corrected chi connectivity index (χ1v) is 13.6. The van der Waals surface area contributed by atoms with Crippen LogP contribution in [-0.4, -0.2) is 108 Å². The molecule has 0 saturated carbocycles. The molecule has 2 aliphatic rings. The molecule has 3 aromatic heterocycles. The molecule has 2 saturated heterocycles. The van der Waals surface area contributed by atoms with Crippen molar-refractivity contribution in [1.82, 2.24) is 35.0 Å². The molecular formula is C27H30N8O8. The Balaban J connectivity index is 1.31. The Bertz CT molecular complexity index is 1620. The summed E-state index contributed by atoms with van der Waals surface area (Å²) >= 11 is 0. The first-order valence-electron chi connectivity index (χ1n) is 13.6. The molecule has 5 atom stereocenters. The molecule has 1 amide bonds. The number of carbonyl (C=O) groups is 2. The number of aliphatic hydroxyl groups excluding tert-OH is 3. The van der Waals surface area contributed by atoms with Crippen LogP contribution in [0.3, 0.4) is 0 Å². The van der Waals surface area contributed by atoms with Gasteiger partial charge in [0.05, 0.1) is 43.8 Å². The molecule has 0 unspecified atom stereocenters. The first-order chi connectivity index (χ1) is 20.9. The lowest BCUT2D eigenvalue weighted by Gasteiger charge is -2.17. The number of aromatic nitrogens is 6. The minimum Gasteiger partial charge on any atom is -0.465 e. The van der Waals surface area contributed by atoms with Crippen LogP contribution >= 0.6 is 0 Å². The van der Waals surface area contributed by atoms with Gasteiger partial charge in [0.15, 0.2) is 29.0 Å². The van der Waals surface area contributed by atoms with Crippen LogP contribution in [0.15, 0.2) is 36.8 Å². The minimum absolute atomic E-state index is 0.0439. The number of methoxy groups -OCH3 is 1. The minimum atomic E-state index is -1.36. The summed E-state index contributed by atoms with van der Waals surface area (Å²) in [7, 11) is 1.30. The molecule has 2 aliphatic heterocycles. The second kappa shape index (κ2) is 12.0. The number of rotatable bonds is 9. The number of hydrogen-bond acceptors (Lipinski definition) is 13. The van der Waals surface area contributed by atoms with Crippen molar-refractivity contribution in [2.45, 2.75) is 43.5 Å². The van der Waals surface area contributed by atoms with E-state index >= 15 is 0 Å². The van der Waals surface area contributed by atoms with Gasteiger partial charge in [-0.3, -0.25) is 14.5 Å². The Labute approximate surface area is 244 Å². The Morgan fingerprint density at radius 1 is 1.19 bits per heavy atom. The molecule has 43 heavy (non-hydrogen) atoms. The van der Waals surface area contributed by atoms with Gasteiger partial charge in [-0.05, 0) is 24.1 Å². The molecular weight excluding hydrogens is 564 g/mol. The third-order valence-corrected chi connectivity index (χ3v) is 7.41.